The molecule has 0 aromatic carbocycles. The molecule has 0 atom stereocenters. The van der Waals surface area contributed by atoms with Gasteiger partial charge < -0.3 is 4.23 Å². The van der Waals surface area contributed by atoms with Gasteiger partial charge in [0.1, 0.15) is 0 Å². The Kier molecular flexibility index (Phi) is 2.38. The minimum Gasteiger partial charge on any atom is -0.389 e. The predicted octanol–water partition coefficient (Wildman–Crippen LogP) is 0.466. The van der Waals surface area contributed by atoms with Crippen molar-refractivity contribution in [3.63, 3.8) is 0 Å². The third kappa shape index (κ3) is 2.06. The van der Waals surface area contributed by atoms with E-state index in [0.29, 0.717) is 0 Å². The molecule has 0 aromatic heterocycles. The number of amides is 1. The number of rotatable bonds is 0. The molecule has 1 rings (SSSR count). The normalized spacial score (nSPS) is 19.0. The van der Waals surface area contributed by atoms with Crippen LogP contribution in [0.15, 0.2) is 0 Å². The van der Waals surface area contributed by atoms with E-state index in [9.17, 15) is 18.0 Å². The Hall–Kier alpha value is -0.306. The summed E-state index contributed by atoms with van der Waals surface area (Å²) in [5, 5.41) is 0. The molecule has 1 amide bonds. The molecule has 0 aliphatic carbocycles. The second-order valence-corrected chi connectivity index (χ2v) is 4.93. The van der Waals surface area contributed by atoms with Crippen LogP contribution in [0.2, 0.25) is 12.1 Å². The van der Waals surface area contributed by atoms with Gasteiger partial charge in [0.2, 0.25) is 0 Å². The second kappa shape index (κ2) is 2.97. The molecule has 1 saturated heterocycles. The lowest BCUT2D eigenvalue weighted by atomic mass is 10.6. The maximum Gasteiger partial charge on any atom is 0.469 e. The van der Waals surface area contributed by atoms with Crippen LogP contribution >= 0.6 is 0 Å². The molecule has 0 aromatic rings. The fourth-order valence-electron chi connectivity index (χ4n) is 0.662. The largest absolute Gasteiger partial charge is 0.469 e. The lowest BCUT2D eigenvalue weighted by molar-refractivity contribution is -0.176. The Labute approximate surface area is 66.6 Å². The average molecular weight is 195 g/mol. The van der Waals surface area contributed by atoms with Gasteiger partial charge in [-0.2, -0.15) is 13.2 Å². The van der Waals surface area contributed by atoms with Gasteiger partial charge in [0.25, 0.3) is 0 Å². The molecule has 11 heavy (non-hydrogen) atoms. The van der Waals surface area contributed by atoms with Crippen LogP contribution < -0.4 is 0 Å². The van der Waals surface area contributed by atoms with Crippen molar-refractivity contribution in [2.24, 2.45) is 0 Å². The highest BCUT2D eigenvalue weighted by molar-refractivity contribution is 6.61. The molecular weight excluding hydrogens is 191 g/mol. The number of hydrogen-bond donors (Lipinski definition) is 0. The molecule has 0 bridgehead atoms. The minimum absolute atomic E-state index is 0.0298. The van der Waals surface area contributed by atoms with Crippen LogP contribution in [0, 0.1) is 0 Å². The number of carbonyl (C=O) groups is 1. The zero-order valence-electron chi connectivity index (χ0n) is 5.40. The lowest BCUT2D eigenvalue weighted by Crippen LogP contribution is -2.41. The number of alkyl halides is 3. The van der Waals surface area contributed by atoms with Crippen molar-refractivity contribution in [1.29, 1.82) is 0 Å². The average Bonchev–Trinajstić information content (AvgIpc) is 2.34. The third-order valence-corrected chi connectivity index (χ3v) is 4.54. The fourth-order valence-corrected chi connectivity index (χ4v) is 3.66. The van der Waals surface area contributed by atoms with E-state index in [0.717, 1.165) is 16.3 Å². The summed E-state index contributed by atoms with van der Waals surface area (Å²) in [6, 6.07) is 1.44. The van der Waals surface area contributed by atoms with Crippen LogP contribution in [0.3, 0.4) is 0 Å². The summed E-state index contributed by atoms with van der Waals surface area (Å²) in [6.45, 7) is 0. The molecule has 1 aliphatic heterocycles. The molecule has 0 saturated carbocycles. The zero-order valence-corrected chi connectivity index (χ0v) is 7.40. The number of halogens is 3. The van der Waals surface area contributed by atoms with Crippen LogP contribution in [0.1, 0.15) is 0 Å². The smallest absolute Gasteiger partial charge is 0.389 e. The van der Waals surface area contributed by atoms with Gasteiger partial charge in [0.15, 0.2) is 19.4 Å². The van der Waals surface area contributed by atoms with Gasteiger partial charge in [-0.1, -0.05) is 0 Å². The Bertz CT molecular complexity index is 165. The highest BCUT2D eigenvalue weighted by Gasteiger charge is 2.43. The summed E-state index contributed by atoms with van der Waals surface area (Å²) in [4.78, 5) is 10.5. The molecule has 1 aliphatic rings. The lowest BCUT2D eigenvalue weighted by Gasteiger charge is -2.15. The summed E-state index contributed by atoms with van der Waals surface area (Å²) >= 11 is 0. The minimum atomic E-state index is -4.68. The van der Waals surface area contributed by atoms with Gasteiger partial charge in [-0.3, -0.25) is 4.79 Å². The van der Waals surface area contributed by atoms with E-state index in [1.54, 1.807) is 0 Å². The first-order valence-corrected chi connectivity index (χ1v) is 5.21. The van der Waals surface area contributed by atoms with E-state index in [2.05, 4.69) is 0 Å². The SMILES string of the molecule is O=C(N1[Si]CC[Si]1)C(F)(F)F. The molecule has 0 N–H and O–H groups in total. The quantitative estimate of drug-likeness (QED) is 0.514. The first-order valence-electron chi connectivity index (χ1n) is 2.90. The molecule has 2 nitrogen and oxygen atoms in total. The van der Waals surface area contributed by atoms with Crippen LogP contribution in [0.25, 0.3) is 0 Å². The van der Waals surface area contributed by atoms with Crippen molar-refractivity contribution in [2.45, 2.75) is 18.3 Å². The Balaban J connectivity index is 2.53. The summed E-state index contributed by atoms with van der Waals surface area (Å²) in [5.74, 6) is -1.67. The van der Waals surface area contributed by atoms with Gasteiger partial charge in [-0.15, -0.1) is 0 Å². The van der Waals surface area contributed by atoms with E-state index >= 15 is 0 Å². The van der Waals surface area contributed by atoms with Crippen LogP contribution in [-0.2, 0) is 4.79 Å². The molecule has 7 heteroatoms. The molecule has 1 fully saturated rings. The van der Waals surface area contributed by atoms with E-state index in [4.69, 9.17) is 0 Å². The Morgan fingerprint density at radius 3 is 2.09 bits per heavy atom. The van der Waals surface area contributed by atoms with Crippen molar-refractivity contribution in [3.8, 4) is 0 Å². The standard InChI is InChI=1S/C4H4F3NOSi2/c5-4(6,7)3(9)8-10-1-2-11-8/h1-2H2. The van der Waals surface area contributed by atoms with Crippen LogP contribution in [0.5, 0.6) is 0 Å². The maximum atomic E-state index is 11.7. The van der Waals surface area contributed by atoms with Crippen LogP contribution in [0.4, 0.5) is 13.2 Å². The van der Waals surface area contributed by atoms with Gasteiger partial charge in [-0.05, 0) is 12.1 Å². The van der Waals surface area contributed by atoms with E-state index in [1.807, 2.05) is 0 Å². The molecule has 1 heterocycles. The van der Waals surface area contributed by atoms with Crippen molar-refractivity contribution in [2.75, 3.05) is 0 Å². The Morgan fingerprint density at radius 1 is 1.27 bits per heavy atom. The van der Waals surface area contributed by atoms with E-state index in [1.165, 1.54) is 0 Å². The summed E-state index contributed by atoms with van der Waals surface area (Å²) < 4.78 is 36.1. The predicted molar refractivity (Wildman–Crippen MR) is 34.0 cm³/mol. The van der Waals surface area contributed by atoms with Crippen molar-refractivity contribution >= 4 is 25.3 Å². The zero-order chi connectivity index (χ0) is 8.48. The summed E-state index contributed by atoms with van der Waals surface area (Å²) in [5.41, 5.74) is 0. The highest BCUT2D eigenvalue weighted by Crippen LogP contribution is 2.20. The number of hydrogen-bond acceptors (Lipinski definition) is 1. The highest BCUT2D eigenvalue weighted by atomic mass is 28.3. The summed E-state index contributed by atoms with van der Waals surface area (Å²) in [6.07, 6.45) is -4.68. The van der Waals surface area contributed by atoms with Crippen LogP contribution in [-0.4, -0.2) is 35.7 Å². The Morgan fingerprint density at radius 2 is 1.73 bits per heavy atom. The summed E-state index contributed by atoms with van der Waals surface area (Å²) in [7, 11) is 0.0596. The van der Waals surface area contributed by atoms with Gasteiger partial charge >= 0.3 is 12.1 Å². The molecular formula is C4H4F3NOSi2. The van der Waals surface area contributed by atoms with Crippen molar-refractivity contribution < 1.29 is 18.0 Å². The molecule has 0 unspecified atom stereocenters. The molecule has 0 spiro atoms. The maximum absolute atomic E-state index is 11.7. The van der Waals surface area contributed by atoms with Crippen molar-refractivity contribution in [1.82, 2.24) is 4.23 Å². The molecule has 60 valence electrons. The van der Waals surface area contributed by atoms with Gasteiger partial charge in [0.05, 0.1) is 0 Å². The number of carbonyl (C=O) groups excluding carboxylic acids is 1. The first kappa shape index (κ1) is 8.79. The topological polar surface area (TPSA) is 20.3 Å². The second-order valence-electron chi connectivity index (χ2n) is 1.95. The van der Waals surface area contributed by atoms with E-state index in [-0.39, 0.29) is 19.4 Å². The van der Waals surface area contributed by atoms with Gasteiger partial charge in [0, 0.05) is 0 Å². The molecule has 4 radical (unpaired) electrons. The monoisotopic (exact) mass is 195 g/mol. The van der Waals surface area contributed by atoms with E-state index < -0.39 is 12.1 Å². The fraction of sp³-hybridized carbons (Fsp3) is 0.750. The van der Waals surface area contributed by atoms with Crippen molar-refractivity contribution in [3.05, 3.63) is 0 Å². The third-order valence-electron chi connectivity index (χ3n) is 1.11. The van der Waals surface area contributed by atoms with Gasteiger partial charge in [-0.25, -0.2) is 0 Å². The first-order chi connectivity index (χ1) is 5.02. The number of nitrogens with zero attached hydrogens (tertiary/aromatic N) is 1.